The highest BCUT2D eigenvalue weighted by atomic mass is 32.1. The SMILES string of the molecule is O=C(CS)NCCN(CCNC(=O)CS)C(=O)CCc1ccccc1. The van der Waals surface area contributed by atoms with Gasteiger partial charge in [-0.25, -0.2) is 0 Å². The fourth-order valence-electron chi connectivity index (χ4n) is 2.19. The van der Waals surface area contributed by atoms with E-state index in [9.17, 15) is 14.4 Å². The van der Waals surface area contributed by atoms with Gasteiger partial charge in [-0.3, -0.25) is 14.4 Å². The number of hydrogen-bond donors (Lipinski definition) is 4. The normalized spacial score (nSPS) is 10.2. The van der Waals surface area contributed by atoms with Gasteiger partial charge in [0.25, 0.3) is 0 Å². The number of carbonyl (C=O) groups is 3. The Bertz CT molecular complexity index is 533. The zero-order valence-electron chi connectivity index (χ0n) is 14.1. The lowest BCUT2D eigenvalue weighted by atomic mass is 10.1. The summed E-state index contributed by atoms with van der Waals surface area (Å²) in [6.07, 6.45) is 1.03. The first kappa shape index (κ1) is 21.4. The van der Waals surface area contributed by atoms with Crippen LogP contribution in [0.4, 0.5) is 0 Å². The Morgan fingerprint density at radius 1 is 0.880 bits per heavy atom. The topological polar surface area (TPSA) is 78.5 Å². The van der Waals surface area contributed by atoms with Crippen LogP contribution in [0.2, 0.25) is 0 Å². The van der Waals surface area contributed by atoms with E-state index in [1.54, 1.807) is 4.90 Å². The minimum atomic E-state index is -0.177. The molecule has 0 atom stereocenters. The second-order valence-corrected chi connectivity index (χ2v) is 6.01. The van der Waals surface area contributed by atoms with Crippen molar-refractivity contribution in [1.29, 1.82) is 0 Å². The first-order valence-corrected chi connectivity index (χ1v) is 9.40. The molecule has 0 aliphatic heterocycles. The first-order valence-electron chi connectivity index (χ1n) is 8.13. The molecule has 1 rings (SSSR count). The highest BCUT2D eigenvalue weighted by Gasteiger charge is 2.14. The van der Waals surface area contributed by atoms with Crippen molar-refractivity contribution in [3.05, 3.63) is 35.9 Å². The van der Waals surface area contributed by atoms with E-state index >= 15 is 0 Å². The summed E-state index contributed by atoms with van der Waals surface area (Å²) in [6, 6.07) is 9.79. The van der Waals surface area contributed by atoms with Crippen molar-refractivity contribution < 1.29 is 14.4 Å². The number of thiol groups is 2. The van der Waals surface area contributed by atoms with E-state index in [-0.39, 0.29) is 29.2 Å². The van der Waals surface area contributed by atoms with Crippen LogP contribution in [0.1, 0.15) is 12.0 Å². The Morgan fingerprint density at radius 2 is 1.40 bits per heavy atom. The standard InChI is InChI=1S/C17H25N3O3S2/c21-15(12-24)18-8-10-20(11-9-19-16(22)13-25)17(23)7-6-14-4-2-1-3-5-14/h1-5,24-25H,6-13H2,(H,18,21)(H,19,22). The van der Waals surface area contributed by atoms with Gasteiger partial charge in [0.05, 0.1) is 11.5 Å². The minimum absolute atomic E-state index is 0.0101. The molecule has 2 N–H and O–H groups in total. The second kappa shape index (κ2) is 12.7. The molecule has 0 unspecified atom stereocenters. The van der Waals surface area contributed by atoms with E-state index in [4.69, 9.17) is 0 Å². The number of nitrogens with one attached hydrogen (secondary N) is 2. The lowest BCUT2D eigenvalue weighted by Crippen LogP contribution is -2.43. The molecule has 0 saturated carbocycles. The molecule has 0 fully saturated rings. The number of hydrogen-bond acceptors (Lipinski definition) is 5. The van der Waals surface area contributed by atoms with Crippen molar-refractivity contribution in [2.24, 2.45) is 0 Å². The average Bonchev–Trinajstić information content (AvgIpc) is 2.65. The molecular formula is C17H25N3O3S2. The van der Waals surface area contributed by atoms with Crippen molar-refractivity contribution in [1.82, 2.24) is 15.5 Å². The molecule has 0 saturated heterocycles. The predicted molar refractivity (Wildman–Crippen MR) is 105 cm³/mol. The number of carbonyl (C=O) groups excluding carboxylic acids is 3. The molecule has 6 nitrogen and oxygen atoms in total. The van der Waals surface area contributed by atoms with E-state index in [0.29, 0.717) is 39.0 Å². The third-order valence-electron chi connectivity index (χ3n) is 3.52. The summed E-state index contributed by atoms with van der Waals surface area (Å²) >= 11 is 7.79. The molecule has 0 radical (unpaired) electrons. The van der Waals surface area contributed by atoms with Gasteiger partial charge >= 0.3 is 0 Å². The molecule has 1 aromatic rings. The monoisotopic (exact) mass is 383 g/mol. The molecule has 8 heteroatoms. The van der Waals surface area contributed by atoms with Crippen LogP contribution < -0.4 is 10.6 Å². The number of aryl methyl sites for hydroxylation is 1. The van der Waals surface area contributed by atoms with Gasteiger partial charge in [-0.1, -0.05) is 30.3 Å². The minimum Gasteiger partial charge on any atom is -0.354 e. The van der Waals surface area contributed by atoms with Gasteiger partial charge in [0.15, 0.2) is 0 Å². The lowest BCUT2D eigenvalue weighted by Gasteiger charge is -2.23. The maximum absolute atomic E-state index is 12.5. The zero-order chi connectivity index (χ0) is 18.5. The summed E-state index contributed by atoms with van der Waals surface area (Å²) < 4.78 is 0. The van der Waals surface area contributed by atoms with Crippen molar-refractivity contribution >= 4 is 43.0 Å². The van der Waals surface area contributed by atoms with Crippen molar-refractivity contribution in [3.63, 3.8) is 0 Å². The van der Waals surface area contributed by atoms with Crippen LogP contribution in [0.15, 0.2) is 30.3 Å². The maximum Gasteiger partial charge on any atom is 0.229 e. The van der Waals surface area contributed by atoms with Gasteiger partial charge in [0, 0.05) is 32.6 Å². The van der Waals surface area contributed by atoms with E-state index in [1.165, 1.54) is 0 Å². The van der Waals surface area contributed by atoms with E-state index in [2.05, 4.69) is 35.9 Å². The van der Waals surface area contributed by atoms with E-state index in [0.717, 1.165) is 5.56 Å². The summed E-state index contributed by atoms with van der Waals surface area (Å²) in [5.74, 6) is -0.143. The van der Waals surface area contributed by atoms with Crippen LogP contribution in [0.5, 0.6) is 0 Å². The van der Waals surface area contributed by atoms with E-state index in [1.807, 2.05) is 30.3 Å². The zero-order valence-corrected chi connectivity index (χ0v) is 15.9. The van der Waals surface area contributed by atoms with Crippen LogP contribution in [-0.4, -0.2) is 60.3 Å². The summed E-state index contributed by atoms with van der Waals surface area (Å²) in [4.78, 5) is 36.7. The third-order valence-corrected chi connectivity index (χ3v) is 4.09. The van der Waals surface area contributed by atoms with Crippen molar-refractivity contribution in [3.8, 4) is 0 Å². The highest BCUT2D eigenvalue weighted by Crippen LogP contribution is 2.04. The quantitative estimate of drug-likeness (QED) is 0.421. The van der Waals surface area contributed by atoms with Gasteiger partial charge in [-0.15, -0.1) is 0 Å². The van der Waals surface area contributed by atoms with Gasteiger partial charge in [-0.05, 0) is 12.0 Å². The van der Waals surface area contributed by atoms with Crippen molar-refractivity contribution in [2.45, 2.75) is 12.8 Å². The number of benzene rings is 1. The molecule has 0 aromatic heterocycles. The first-order chi connectivity index (χ1) is 12.1. The summed E-state index contributed by atoms with van der Waals surface area (Å²) in [5, 5.41) is 5.39. The summed E-state index contributed by atoms with van der Waals surface area (Å²) in [7, 11) is 0. The maximum atomic E-state index is 12.5. The van der Waals surface area contributed by atoms with Crippen LogP contribution in [0.25, 0.3) is 0 Å². The Hall–Kier alpha value is -1.67. The number of nitrogens with zero attached hydrogens (tertiary/aromatic N) is 1. The molecule has 3 amide bonds. The van der Waals surface area contributed by atoms with Crippen LogP contribution >= 0.6 is 25.3 Å². The predicted octanol–water partition coefficient (Wildman–Crippen LogP) is 0.540. The van der Waals surface area contributed by atoms with Gasteiger partial charge < -0.3 is 15.5 Å². The smallest absolute Gasteiger partial charge is 0.229 e. The Morgan fingerprint density at radius 3 is 1.88 bits per heavy atom. The van der Waals surface area contributed by atoms with Crippen LogP contribution in [0.3, 0.4) is 0 Å². The number of rotatable bonds is 11. The van der Waals surface area contributed by atoms with Gasteiger partial charge in [0.1, 0.15) is 0 Å². The molecule has 0 heterocycles. The average molecular weight is 384 g/mol. The number of amides is 3. The third kappa shape index (κ3) is 9.40. The molecule has 25 heavy (non-hydrogen) atoms. The lowest BCUT2D eigenvalue weighted by molar-refractivity contribution is -0.132. The van der Waals surface area contributed by atoms with Crippen LogP contribution in [-0.2, 0) is 20.8 Å². The Balaban J connectivity index is 2.50. The van der Waals surface area contributed by atoms with E-state index < -0.39 is 0 Å². The highest BCUT2D eigenvalue weighted by molar-refractivity contribution is 7.81. The molecule has 0 aliphatic rings. The van der Waals surface area contributed by atoms with Crippen LogP contribution in [0, 0.1) is 0 Å². The Kier molecular flexibility index (Phi) is 10.8. The van der Waals surface area contributed by atoms with Crippen molar-refractivity contribution in [2.75, 3.05) is 37.7 Å². The summed E-state index contributed by atoms with van der Waals surface area (Å²) in [6.45, 7) is 1.50. The molecule has 0 bridgehead atoms. The fraction of sp³-hybridized carbons (Fsp3) is 0.471. The molecule has 0 aliphatic carbocycles. The molecule has 1 aromatic carbocycles. The Labute approximate surface area is 159 Å². The van der Waals surface area contributed by atoms with Gasteiger partial charge in [0.2, 0.25) is 17.7 Å². The molecule has 0 spiro atoms. The fourth-order valence-corrected chi connectivity index (χ4v) is 2.41. The largest absolute Gasteiger partial charge is 0.354 e. The molecular weight excluding hydrogens is 358 g/mol. The molecule has 138 valence electrons. The summed E-state index contributed by atoms with van der Waals surface area (Å²) in [5.41, 5.74) is 1.10. The van der Waals surface area contributed by atoms with Gasteiger partial charge in [-0.2, -0.15) is 25.3 Å². The second-order valence-electron chi connectivity index (χ2n) is 5.38.